The number of rotatable bonds is 4. The molecule has 2 amide bonds. The number of carbonyl (C=O) groups excluding carboxylic acids is 2. The average Bonchev–Trinajstić information content (AvgIpc) is 3.10. The molecule has 8 nitrogen and oxygen atoms in total. The number of fused-ring (bicyclic) bond motifs is 1. The first-order valence-electron chi connectivity index (χ1n) is 8.52. The van der Waals surface area contributed by atoms with E-state index < -0.39 is 6.04 Å². The van der Waals surface area contributed by atoms with Gasteiger partial charge in [-0.15, -0.1) is 22.0 Å². The third-order valence-corrected chi connectivity index (χ3v) is 6.41. The maximum atomic E-state index is 12.7. The number of hydrogen-bond donors (Lipinski definition) is 2. The average molecular weight is 372 g/mol. The van der Waals surface area contributed by atoms with Crippen molar-refractivity contribution in [3.63, 3.8) is 0 Å². The lowest BCUT2D eigenvalue weighted by Gasteiger charge is -2.44. The van der Waals surface area contributed by atoms with Crippen LogP contribution in [0, 0.1) is 5.92 Å². The number of amides is 2. The lowest BCUT2D eigenvalue weighted by Crippen LogP contribution is -2.67. The smallest absolute Gasteiger partial charge is 0.249 e. The molecular formula is C17H20N6O2S. The molecule has 0 bridgehead atoms. The highest BCUT2D eigenvalue weighted by Gasteiger charge is 2.63. The maximum absolute atomic E-state index is 12.7. The Morgan fingerprint density at radius 3 is 2.69 bits per heavy atom. The van der Waals surface area contributed by atoms with Crippen molar-refractivity contribution in [2.45, 2.75) is 42.5 Å². The van der Waals surface area contributed by atoms with Gasteiger partial charge in [0, 0.05) is 17.1 Å². The largest absolute Gasteiger partial charge is 0.342 e. The van der Waals surface area contributed by atoms with Gasteiger partial charge in [0.1, 0.15) is 17.5 Å². The number of thioether (sulfide) groups is 1. The molecular weight excluding hydrogens is 352 g/mol. The maximum Gasteiger partial charge on any atom is 0.249 e. The van der Waals surface area contributed by atoms with Crippen LogP contribution in [-0.4, -0.2) is 53.5 Å². The number of carbonyl (C=O) groups is 2. The molecule has 136 valence electrons. The van der Waals surface area contributed by atoms with Crippen LogP contribution in [0.2, 0.25) is 0 Å². The lowest BCUT2D eigenvalue weighted by molar-refractivity contribution is -0.151. The van der Waals surface area contributed by atoms with Gasteiger partial charge >= 0.3 is 0 Å². The summed E-state index contributed by atoms with van der Waals surface area (Å²) >= 11 is 1.66. The van der Waals surface area contributed by atoms with E-state index in [9.17, 15) is 9.59 Å². The molecule has 2 fully saturated rings. The number of aromatic nitrogens is 4. The molecule has 2 N–H and O–H groups in total. The predicted molar refractivity (Wildman–Crippen MR) is 96.7 cm³/mol. The SMILES string of the molecule is CC1(C)S[C@H]2C(NC(=O)CC3C=CC=CC=C3)C(=O)N2C1c1nn[nH]n1. The zero-order chi connectivity index (χ0) is 18.3. The second-order valence-electron chi connectivity index (χ2n) is 7.10. The molecule has 9 heteroatoms. The van der Waals surface area contributed by atoms with E-state index in [-0.39, 0.29) is 33.9 Å². The van der Waals surface area contributed by atoms with E-state index >= 15 is 0 Å². The van der Waals surface area contributed by atoms with Gasteiger partial charge in [-0.25, -0.2) is 0 Å². The molecule has 3 atom stereocenters. The van der Waals surface area contributed by atoms with Gasteiger partial charge in [0.15, 0.2) is 5.82 Å². The van der Waals surface area contributed by atoms with Crippen LogP contribution in [0.15, 0.2) is 36.5 Å². The Balaban J connectivity index is 1.43. The summed E-state index contributed by atoms with van der Waals surface area (Å²) in [7, 11) is 0. The number of aromatic amines is 1. The highest BCUT2D eigenvalue weighted by atomic mass is 32.2. The first-order valence-corrected chi connectivity index (χ1v) is 9.40. The van der Waals surface area contributed by atoms with E-state index in [4.69, 9.17) is 0 Å². The highest BCUT2D eigenvalue weighted by molar-refractivity contribution is 8.01. The van der Waals surface area contributed by atoms with Crippen molar-refractivity contribution in [3.8, 4) is 0 Å². The molecule has 0 saturated carbocycles. The zero-order valence-corrected chi connectivity index (χ0v) is 15.3. The number of nitrogens with one attached hydrogen (secondary N) is 2. The van der Waals surface area contributed by atoms with Gasteiger partial charge in [-0.2, -0.15) is 5.21 Å². The minimum atomic E-state index is -0.500. The van der Waals surface area contributed by atoms with Crippen LogP contribution in [0.1, 0.15) is 32.1 Å². The van der Waals surface area contributed by atoms with Crippen molar-refractivity contribution < 1.29 is 9.59 Å². The number of hydrogen-bond acceptors (Lipinski definition) is 6. The minimum Gasteiger partial charge on any atom is -0.342 e. The van der Waals surface area contributed by atoms with E-state index in [1.54, 1.807) is 16.7 Å². The van der Waals surface area contributed by atoms with Crippen LogP contribution < -0.4 is 5.32 Å². The summed E-state index contributed by atoms with van der Waals surface area (Å²) in [6.45, 7) is 4.11. The van der Waals surface area contributed by atoms with Gasteiger partial charge in [-0.3, -0.25) is 9.59 Å². The fraction of sp³-hybridized carbons (Fsp3) is 0.471. The van der Waals surface area contributed by atoms with E-state index in [0.29, 0.717) is 12.2 Å². The fourth-order valence-electron chi connectivity index (χ4n) is 3.64. The topological polar surface area (TPSA) is 104 Å². The van der Waals surface area contributed by atoms with E-state index in [1.807, 2.05) is 36.5 Å². The van der Waals surface area contributed by atoms with Gasteiger partial charge in [0.2, 0.25) is 11.8 Å². The van der Waals surface area contributed by atoms with Gasteiger partial charge < -0.3 is 10.2 Å². The Bertz CT molecular complexity index is 784. The molecule has 0 radical (unpaired) electrons. The van der Waals surface area contributed by atoms with E-state index in [0.717, 1.165) is 0 Å². The summed E-state index contributed by atoms with van der Waals surface area (Å²) in [5.41, 5.74) is 0. The molecule has 4 rings (SSSR count). The molecule has 2 unspecified atom stereocenters. The molecule has 26 heavy (non-hydrogen) atoms. The molecule has 1 aliphatic carbocycles. The molecule has 2 saturated heterocycles. The highest BCUT2D eigenvalue weighted by Crippen LogP contribution is 2.56. The fourth-order valence-corrected chi connectivity index (χ4v) is 5.27. The minimum absolute atomic E-state index is 0.0380. The number of nitrogens with zero attached hydrogens (tertiary/aromatic N) is 4. The Morgan fingerprint density at radius 2 is 2.04 bits per heavy atom. The molecule has 1 aromatic rings. The third-order valence-electron chi connectivity index (χ3n) is 4.83. The Kier molecular flexibility index (Phi) is 4.18. The molecule has 3 aliphatic rings. The first kappa shape index (κ1) is 17.0. The van der Waals surface area contributed by atoms with Gasteiger partial charge in [0.25, 0.3) is 0 Å². The van der Waals surface area contributed by atoms with Gasteiger partial charge in [-0.1, -0.05) is 41.7 Å². The second kappa shape index (κ2) is 6.39. The normalized spacial score (nSPS) is 29.4. The van der Waals surface area contributed by atoms with Crippen molar-refractivity contribution >= 4 is 23.6 Å². The quantitative estimate of drug-likeness (QED) is 0.768. The van der Waals surface area contributed by atoms with Crippen molar-refractivity contribution in [2.75, 3.05) is 0 Å². The molecule has 0 aromatic carbocycles. The number of β-lactam (4-membered cyclic amide) rings is 1. The predicted octanol–water partition coefficient (Wildman–Crippen LogP) is 1.11. The summed E-state index contributed by atoms with van der Waals surface area (Å²) < 4.78 is -0.262. The van der Waals surface area contributed by atoms with Gasteiger partial charge in [0.05, 0.1) is 0 Å². The number of H-pyrrole nitrogens is 1. The molecule has 0 spiro atoms. The standard InChI is InChI=1S/C17H20N6O2S/c1-17(2)13(14-19-21-22-20-14)23-15(25)12(16(23)26-17)18-11(24)9-10-7-5-3-4-6-8-10/h3-8,10,12-13,16H,9H2,1-2H3,(H,18,24)(H,19,20,21,22)/t12?,13?,16-/m0/s1. The van der Waals surface area contributed by atoms with Crippen molar-refractivity contribution in [2.24, 2.45) is 5.92 Å². The summed E-state index contributed by atoms with van der Waals surface area (Å²) in [5, 5.41) is 17.0. The Morgan fingerprint density at radius 1 is 1.31 bits per heavy atom. The third kappa shape index (κ3) is 2.86. The Labute approximate surface area is 155 Å². The summed E-state index contributed by atoms with van der Waals surface area (Å²) in [4.78, 5) is 26.9. The lowest BCUT2D eigenvalue weighted by atomic mass is 9.95. The van der Waals surface area contributed by atoms with Gasteiger partial charge in [-0.05, 0) is 13.8 Å². The summed E-state index contributed by atoms with van der Waals surface area (Å²) in [6.07, 6.45) is 12.0. The summed E-state index contributed by atoms with van der Waals surface area (Å²) in [6, 6.07) is -0.753. The van der Waals surface area contributed by atoms with Crippen LogP contribution in [0.4, 0.5) is 0 Å². The van der Waals surface area contributed by atoms with E-state index in [2.05, 4.69) is 39.8 Å². The second-order valence-corrected chi connectivity index (χ2v) is 8.87. The van der Waals surface area contributed by atoms with Crippen molar-refractivity contribution in [3.05, 3.63) is 42.3 Å². The van der Waals surface area contributed by atoms with Crippen LogP contribution in [0.3, 0.4) is 0 Å². The first-order chi connectivity index (χ1) is 12.5. The molecule has 1 aromatic heterocycles. The summed E-state index contributed by atoms with van der Waals surface area (Å²) in [5.74, 6) is 0.329. The zero-order valence-electron chi connectivity index (χ0n) is 14.5. The van der Waals surface area contributed by atoms with Crippen LogP contribution in [-0.2, 0) is 9.59 Å². The van der Waals surface area contributed by atoms with Crippen LogP contribution in [0.25, 0.3) is 0 Å². The Hall–Kier alpha value is -2.42. The van der Waals surface area contributed by atoms with Crippen molar-refractivity contribution in [1.29, 1.82) is 0 Å². The molecule has 2 aliphatic heterocycles. The van der Waals surface area contributed by atoms with Crippen LogP contribution in [0.5, 0.6) is 0 Å². The number of tetrazole rings is 1. The monoisotopic (exact) mass is 372 g/mol. The number of allylic oxidation sites excluding steroid dienone is 6. The molecule has 3 heterocycles. The van der Waals surface area contributed by atoms with Crippen molar-refractivity contribution in [1.82, 2.24) is 30.8 Å². The van der Waals surface area contributed by atoms with Crippen LogP contribution >= 0.6 is 11.8 Å². The van der Waals surface area contributed by atoms with E-state index in [1.165, 1.54) is 0 Å².